The van der Waals surface area contributed by atoms with Gasteiger partial charge in [-0.2, -0.15) is 0 Å². The number of hydrogen-bond acceptors (Lipinski definition) is 3. The maximum Gasteiger partial charge on any atom is 0.319 e. The summed E-state index contributed by atoms with van der Waals surface area (Å²) in [5.41, 5.74) is 11.5. The third kappa shape index (κ3) is 6.21. The number of amides is 2. The van der Waals surface area contributed by atoms with Crippen molar-refractivity contribution in [2.75, 3.05) is 17.6 Å². The average Bonchev–Trinajstić information content (AvgIpc) is 2.84. The van der Waals surface area contributed by atoms with Gasteiger partial charge >= 0.3 is 6.03 Å². The molecule has 0 unspecified atom stereocenters. The molecule has 0 radical (unpaired) electrons. The van der Waals surface area contributed by atoms with Gasteiger partial charge < -0.3 is 16.4 Å². The smallest absolute Gasteiger partial charge is 0.319 e. The number of nitrogens with two attached hydrogens (primary N) is 1. The van der Waals surface area contributed by atoms with Crippen LogP contribution in [0.15, 0.2) is 91.3 Å². The van der Waals surface area contributed by atoms with Gasteiger partial charge in [0.05, 0.1) is 0 Å². The number of carbonyl (C=O) groups excluding carboxylic acids is 1. The van der Waals surface area contributed by atoms with Gasteiger partial charge in [-0.15, -0.1) is 0 Å². The summed E-state index contributed by atoms with van der Waals surface area (Å²) >= 11 is 0. The van der Waals surface area contributed by atoms with Crippen LogP contribution in [0.2, 0.25) is 0 Å². The molecule has 1 heterocycles. The Hall–Kier alpha value is -4.63. The number of anilines is 2. The van der Waals surface area contributed by atoms with E-state index in [-0.39, 0.29) is 11.8 Å². The van der Waals surface area contributed by atoms with Gasteiger partial charge in [-0.3, -0.25) is 4.98 Å². The fraction of sp³-hybridized carbons (Fsp3) is 0.0714. The van der Waals surface area contributed by atoms with Crippen molar-refractivity contribution < 1.29 is 9.18 Å². The van der Waals surface area contributed by atoms with Crippen LogP contribution in [0, 0.1) is 17.7 Å². The lowest BCUT2D eigenvalue weighted by Crippen LogP contribution is -2.30. The maximum absolute atomic E-state index is 13.2. The Morgan fingerprint density at radius 1 is 0.941 bits per heavy atom. The lowest BCUT2D eigenvalue weighted by molar-refractivity contribution is 0.252. The number of rotatable bonds is 5. The summed E-state index contributed by atoms with van der Waals surface area (Å²) < 4.78 is 13.2. The third-order valence-electron chi connectivity index (χ3n) is 5.10. The molecule has 0 aliphatic carbocycles. The zero-order valence-corrected chi connectivity index (χ0v) is 18.4. The van der Waals surface area contributed by atoms with Gasteiger partial charge in [0.1, 0.15) is 5.82 Å². The molecule has 5 nitrogen and oxygen atoms in total. The number of carbonyl (C=O) groups is 1. The average molecular weight is 451 g/mol. The molecule has 0 aliphatic heterocycles. The molecule has 0 saturated heterocycles. The minimum atomic E-state index is -0.309. The highest BCUT2D eigenvalue weighted by atomic mass is 19.1. The summed E-state index contributed by atoms with van der Waals surface area (Å²) in [7, 11) is 0. The van der Waals surface area contributed by atoms with E-state index in [1.54, 1.807) is 24.5 Å². The molecule has 34 heavy (non-hydrogen) atoms. The highest BCUT2D eigenvalue weighted by Crippen LogP contribution is 2.26. The number of hydrogen-bond donors (Lipinski definition) is 3. The standard InChI is InChI=1S/C28H23FN4O/c29-24-8-5-20(6-9-24)4-7-23-19-26(10-11-27(23)22-13-15-31-16-14-22)33-28(34)32-17-12-21-2-1-3-25(30)18-21/h1-3,5-6,8-11,13-16,18-19H,12,17,30H2,(H2,32,33,34). The van der Waals surface area contributed by atoms with Crippen LogP contribution in [-0.2, 0) is 6.42 Å². The van der Waals surface area contributed by atoms with Crippen LogP contribution in [0.5, 0.6) is 0 Å². The first-order valence-electron chi connectivity index (χ1n) is 10.8. The summed E-state index contributed by atoms with van der Waals surface area (Å²) in [6.07, 6.45) is 4.10. The summed E-state index contributed by atoms with van der Waals surface area (Å²) in [6, 6.07) is 22.6. The van der Waals surface area contributed by atoms with Crippen molar-refractivity contribution in [3.63, 3.8) is 0 Å². The second-order valence-electron chi connectivity index (χ2n) is 7.63. The number of nitrogens with one attached hydrogen (secondary N) is 2. The Balaban J connectivity index is 1.50. The summed E-state index contributed by atoms with van der Waals surface area (Å²) in [5, 5.41) is 5.72. The molecule has 168 valence electrons. The van der Waals surface area contributed by atoms with E-state index < -0.39 is 0 Å². The molecule has 0 aliphatic rings. The van der Waals surface area contributed by atoms with Crippen molar-refractivity contribution in [2.45, 2.75) is 6.42 Å². The van der Waals surface area contributed by atoms with E-state index in [0.29, 0.717) is 29.9 Å². The van der Waals surface area contributed by atoms with Gasteiger partial charge in [0.15, 0.2) is 0 Å². The molecule has 3 aromatic carbocycles. The first kappa shape index (κ1) is 22.6. The normalized spacial score (nSPS) is 10.1. The fourth-order valence-corrected chi connectivity index (χ4v) is 3.43. The molecule has 0 bridgehead atoms. The number of halogens is 1. The first-order valence-corrected chi connectivity index (χ1v) is 10.8. The summed E-state index contributed by atoms with van der Waals surface area (Å²) in [4.78, 5) is 16.5. The lowest BCUT2D eigenvalue weighted by atomic mass is 10.00. The highest BCUT2D eigenvalue weighted by Gasteiger charge is 2.08. The molecule has 0 saturated carbocycles. The second kappa shape index (κ2) is 10.8. The molecular weight excluding hydrogens is 427 g/mol. The summed E-state index contributed by atoms with van der Waals surface area (Å²) in [5.74, 6) is 5.91. The highest BCUT2D eigenvalue weighted by molar-refractivity contribution is 5.90. The Morgan fingerprint density at radius 3 is 2.50 bits per heavy atom. The number of benzene rings is 3. The minimum absolute atomic E-state index is 0.307. The Labute approximate surface area is 197 Å². The van der Waals surface area contributed by atoms with Crippen LogP contribution in [0.25, 0.3) is 11.1 Å². The van der Waals surface area contributed by atoms with Gasteiger partial charge in [0.25, 0.3) is 0 Å². The predicted molar refractivity (Wildman–Crippen MR) is 134 cm³/mol. The van der Waals surface area contributed by atoms with Crippen molar-refractivity contribution in [3.05, 3.63) is 114 Å². The number of nitrogens with zero attached hydrogens (tertiary/aromatic N) is 1. The number of nitrogen functional groups attached to an aromatic ring is 1. The van der Waals surface area contributed by atoms with E-state index in [4.69, 9.17) is 5.73 Å². The van der Waals surface area contributed by atoms with Gasteiger partial charge in [-0.05, 0) is 83.8 Å². The van der Waals surface area contributed by atoms with Crippen LogP contribution in [0.4, 0.5) is 20.6 Å². The van der Waals surface area contributed by atoms with E-state index in [0.717, 1.165) is 22.3 Å². The quantitative estimate of drug-likeness (QED) is 0.288. The third-order valence-corrected chi connectivity index (χ3v) is 5.10. The molecule has 6 heteroatoms. The predicted octanol–water partition coefficient (Wildman–Crippen LogP) is 5.23. The van der Waals surface area contributed by atoms with Gasteiger partial charge in [-0.1, -0.05) is 30.0 Å². The van der Waals surface area contributed by atoms with E-state index >= 15 is 0 Å². The topological polar surface area (TPSA) is 80.0 Å². The minimum Gasteiger partial charge on any atom is -0.399 e. The van der Waals surface area contributed by atoms with Crippen LogP contribution in [-0.4, -0.2) is 17.6 Å². The van der Waals surface area contributed by atoms with E-state index in [9.17, 15) is 9.18 Å². The van der Waals surface area contributed by atoms with Crippen LogP contribution >= 0.6 is 0 Å². The monoisotopic (exact) mass is 450 g/mol. The zero-order valence-electron chi connectivity index (χ0n) is 18.4. The Bertz CT molecular complexity index is 1340. The van der Waals surface area contributed by atoms with Crippen molar-refractivity contribution in [3.8, 4) is 23.0 Å². The van der Waals surface area contributed by atoms with Gasteiger partial charge in [0.2, 0.25) is 0 Å². The number of urea groups is 1. The van der Waals surface area contributed by atoms with Crippen molar-refractivity contribution >= 4 is 17.4 Å². The molecule has 0 fully saturated rings. The van der Waals surface area contributed by atoms with Crippen molar-refractivity contribution in [1.29, 1.82) is 0 Å². The lowest BCUT2D eigenvalue weighted by Gasteiger charge is -2.11. The molecule has 4 rings (SSSR count). The van der Waals surface area contributed by atoms with Crippen molar-refractivity contribution in [2.24, 2.45) is 0 Å². The molecule has 2 amide bonds. The number of aromatic nitrogens is 1. The second-order valence-corrected chi connectivity index (χ2v) is 7.63. The van der Waals surface area contributed by atoms with Crippen LogP contribution in [0.1, 0.15) is 16.7 Å². The van der Waals surface area contributed by atoms with Gasteiger partial charge in [-0.25, -0.2) is 9.18 Å². The molecule has 4 aromatic rings. The molecule has 4 N–H and O–H groups in total. The molecular formula is C28H23FN4O. The van der Waals surface area contributed by atoms with Crippen LogP contribution in [0.3, 0.4) is 0 Å². The summed E-state index contributed by atoms with van der Waals surface area (Å²) in [6.45, 7) is 0.474. The SMILES string of the molecule is Nc1cccc(CCNC(=O)Nc2ccc(-c3ccncc3)c(C#Cc3ccc(F)cc3)c2)c1. The fourth-order valence-electron chi connectivity index (χ4n) is 3.43. The van der Waals surface area contributed by atoms with Gasteiger partial charge in [0, 0.05) is 41.4 Å². The first-order chi connectivity index (χ1) is 16.6. The van der Waals surface area contributed by atoms with Crippen molar-refractivity contribution in [1.82, 2.24) is 10.3 Å². The zero-order chi connectivity index (χ0) is 23.8. The molecule has 0 atom stereocenters. The Morgan fingerprint density at radius 2 is 1.74 bits per heavy atom. The van der Waals surface area contributed by atoms with Crippen LogP contribution < -0.4 is 16.4 Å². The number of pyridine rings is 1. The molecule has 0 spiro atoms. The van der Waals surface area contributed by atoms with E-state index in [1.807, 2.05) is 54.6 Å². The van der Waals surface area contributed by atoms with E-state index in [2.05, 4.69) is 27.5 Å². The molecule has 1 aromatic heterocycles. The van der Waals surface area contributed by atoms with E-state index in [1.165, 1.54) is 12.1 Å². The Kier molecular flexibility index (Phi) is 7.16. The maximum atomic E-state index is 13.2. The largest absolute Gasteiger partial charge is 0.399 e.